The lowest BCUT2D eigenvalue weighted by molar-refractivity contribution is 0.104. The lowest BCUT2D eigenvalue weighted by Crippen LogP contribution is -2.37. The second-order valence-electron chi connectivity index (χ2n) is 4.38. The van der Waals surface area contributed by atoms with Crippen molar-refractivity contribution in [1.29, 1.82) is 0 Å². The molecule has 2 atom stereocenters. The first-order chi connectivity index (χ1) is 5.59. The topological polar surface area (TPSA) is 23.5 Å². The minimum atomic E-state index is -0.0997. The van der Waals surface area contributed by atoms with E-state index in [2.05, 4.69) is 25.7 Å². The van der Waals surface area contributed by atoms with Crippen molar-refractivity contribution in [3.63, 3.8) is 0 Å². The van der Waals surface area contributed by atoms with Gasteiger partial charge in [0.2, 0.25) is 0 Å². The zero-order chi connectivity index (χ0) is 9.14. The van der Waals surface area contributed by atoms with Crippen LogP contribution >= 0.6 is 0 Å². The second kappa shape index (κ2) is 4.24. The third-order valence-corrected chi connectivity index (χ3v) is 2.71. The molecule has 12 heavy (non-hydrogen) atoms. The summed E-state index contributed by atoms with van der Waals surface area (Å²) in [4.78, 5) is 2.38. The molecule has 2 unspecified atom stereocenters. The van der Waals surface area contributed by atoms with E-state index in [4.69, 9.17) is 0 Å². The fourth-order valence-electron chi connectivity index (χ4n) is 1.83. The summed E-state index contributed by atoms with van der Waals surface area (Å²) in [6.07, 6.45) is 2.05. The molecular formula is C10H21NO. The van der Waals surface area contributed by atoms with Crippen LogP contribution in [0.5, 0.6) is 0 Å². The van der Waals surface area contributed by atoms with Crippen molar-refractivity contribution < 1.29 is 5.11 Å². The van der Waals surface area contributed by atoms with Crippen molar-refractivity contribution in [2.45, 2.75) is 45.8 Å². The van der Waals surface area contributed by atoms with E-state index in [0.717, 1.165) is 25.4 Å². The predicted molar refractivity (Wildman–Crippen MR) is 51.1 cm³/mol. The van der Waals surface area contributed by atoms with Gasteiger partial charge in [-0.25, -0.2) is 0 Å². The lowest BCUT2D eigenvalue weighted by Gasteiger charge is -2.27. The molecule has 0 aromatic carbocycles. The highest BCUT2D eigenvalue weighted by Crippen LogP contribution is 2.17. The van der Waals surface area contributed by atoms with Crippen LogP contribution in [0.3, 0.4) is 0 Å². The summed E-state index contributed by atoms with van der Waals surface area (Å²) >= 11 is 0. The third kappa shape index (κ3) is 2.76. The van der Waals surface area contributed by atoms with Gasteiger partial charge < -0.3 is 5.11 Å². The summed E-state index contributed by atoms with van der Waals surface area (Å²) < 4.78 is 0. The summed E-state index contributed by atoms with van der Waals surface area (Å²) in [7, 11) is 0. The molecule has 1 N–H and O–H groups in total. The van der Waals surface area contributed by atoms with Gasteiger partial charge in [-0.15, -0.1) is 0 Å². The molecule has 1 saturated heterocycles. The highest BCUT2D eigenvalue weighted by atomic mass is 16.3. The summed E-state index contributed by atoms with van der Waals surface area (Å²) in [5, 5.41) is 9.58. The van der Waals surface area contributed by atoms with E-state index in [9.17, 15) is 5.11 Å². The molecule has 1 fully saturated rings. The summed E-state index contributed by atoms with van der Waals surface area (Å²) in [5.41, 5.74) is 0. The van der Waals surface area contributed by atoms with Gasteiger partial charge in [-0.05, 0) is 32.6 Å². The van der Waals surface area contributed by atoms with Crippen LogP contribution < -0.4 is 0 Å². The number of β-amino-alcohol motifs (C(OH)–C–C–N with tert-alkyl or cyclic N) is 1. The molecule has 1 heterocycles. The number of likely N-dealkylation sites (tertiary alicyclic amines) is 1. The lowest BCUT2D eigenvalue weighted by atomic mass is 10.1. The third-order valence-electron chi connectivity index (χ3n) is 2.71. The number of nitrogens with zero attached hydrogens (tertiary/aromatic N) is 1. The fourth-order valence-corrected chi connectivity index (χ4v) is 1.83. The van der Waals surface area contributed by atoms with Crippen molar-refractivity contribution in [3.05, 3.63) is 0 Å². The first-order valence-corrected chi connectivity index (χ1v) is 5.01. The zero-order valence-corrected chi connectivity index (χ0v) is 8.45. The van der Waals surface area contributed by atoms with E-state index >= 15 is 0 Å². The minimum Gasteiger partial charge on any atom is -0.392 e. The number of aliphatic hydroxyl groups excluding tert-OH is 1. The Morgan fingerprint density at radius 2 is 1.92 bits per heavy atom. The first-order valence-electron chi connectivity index (χ1n) is 5.01. The van der Waals surface area contributed by atoms with E-state index < -0.39 is 0 Å². The van der Waals surface area contributed by atoms with Crippen LogP contribution in [-0.4, -0.2) is 35.2 Å². The second-order valence-corrected chi connectivity index (χ2v) is 4.38. The average molecular weight is 171 g/mol. The van der Waals surface area contributed by atoms with Crippen LogP contribution in [0, 0.1) is 5.92 Å². The Labute approximate surface area is 75.6 Å². The van der Waals surface area contributed by atoms with Crippen molar-refractivity contribution in [2.24, 2.45) is 5.92 Å². The Bertz CT molecular complexity index is 124. The zero-order valence-electron chi connectivity index (χ0n) is 8.45. The molecule has 0 bridgehead atoms. The monoisotopic (exact) mass is 171 g/mol. The maximum atomic E-state index is 9.58. The van der Waals surface area contributed by atoms with Crippen molar-refractivity contribution in [3.8, 4) is 0 Å². The maximum absolute atomic E-state index is 9.58. The molecule has 0 saturated carbocycles. The quantitative estimate of drug-likeness (QED) is 0.646. The average Bonchev–Trinajstić information content (AvgIpc) is 2.13. The van der Waals surface area contributed by atoms with Gasteiger partial charge in [0.05, 0.1) is 6.10 Å². The van der Waals surface area contributed by atoms with Crippen LogP contribution in [0.15, 0.2) is 0 Å². The van der Waals surface area contributed by atoms with Gasteiger partial charge in [0.1, 0.15) is 0 Å². The van der Waals surface area contributed by atoms with Crippen LogP contribution in [0.2, 0.25) is 0 Å². The summed E-state index contributed by atoms with van der Waals surface area (Å²) in [6.45, 7) is 8.68. The highest BCUT2D eigenvalue weighted by Gasteiger charge is 2.21. The highest BCUT2D eigenvalue weighted by molar-refractivity contribution is 4.75. The van der Waals surface area contributed by atoms with Crippen LogP contribution in [0.1, 0.15) is 33.6 Å². The summed E-state index contributed by atoms with van der Waals surface area (Å²) in [6, 6.07) is 0.570. The Kier molecular flexibility index (Phi) is 3.53. The van der Waals surface area contributed by atoms with Gasteiger partial charge in [-0.1, -0.05) is 6.92 Å². The van der Waals surface area contributed by atoms with E-state index in [1.807, 2.05) is 0 Å². The van der Waals surface area contributed by atoms with Crippen molar-refractivity contribution >= 4 is 0 Å². The Balaban J connectivity index is 2.49. The van der Waals surface area contributed by atoms with E-state index in [1.165, 1.54) is 6.42 Å². The van der Waals surface area contributed by atoms with Gasteiger partial charge in [0.15, 0.2) is 0 Å². The minimum absolute atomic E-state index is 0.0997. The molecule has 0 amide bonds. The van der Waals surface area contributed by atoms with E-state index in [-0.39, 0.29) is 6.10 Å². The Morgan fingerprint density at radius 1 is 1.25 bits per heavy atom. The number of aliphatic hydroxyl groups is 1. The first kappa shape index (κ1) is 10.0. The number of hydrogen-bond donors (Lipinski definition) is 1. The smallest absolute Gasteiger partial charge is 0.0667 e. The molecule has 1 aliphatic heterocycles. The van der Waals surface area contributed by atoms with Gasteiger partial charge in [0.25, 0.3) is 0 Å². The molecule has 0 radical (unpaired) electrons. The van der Waals surface area contributed by atoms with Gasteiger partial charge in [-0.2, -0.15) is 0 Å². The van der Waals surface area contributed by atoms with Crippen molar-refractivity contribution in [1.82, 2.24) is 4.90 Å². The summed E-state index contributed by atoms with van der Waals surface area (Å²) in [5.74, 6) is 0.740. The molecule has 2 nitrogen and oxygen atoms in total. The predicted octanol–water partition coefficient (Wildman–Crippen LogP) is 1.49. The SMILES string of the molecule is CC1CCC(O)CN(C(C)C)C1. The Hall–Kier alpha value is -0.0800. The van der Waals surface area contributed by atoms with Crippen LogP contribution in [0.25, 0.3) is 0 Å². The molecule has 0 aromatic rings. The van der Waals surface area contributed by atoms with E-state index in [1.54, 1.807) is 0 Å². The molecular weight excluding hydrogens is 150 g/mol. The molecule has 1 aliphatic rings. The standard InChI is InChI=1S/C10H21NO/c1-8(2)11-6-9(3)4-5-10(12)7-11/h8-10,12H,4-7H2,1-3H3. The number of hydrogen-bond acceptors (Lipinski definition) is 2. The molecule has 2 heteroatoms. The molecule has 72 valence electrons. The molecule has 0 aromatic heterocycles. The molecule has 0 aliphatic carbocycles. The molecule has 1 rings (SSSR count). The largest absolute Gasteiger partial charge is 0.392 e. The van der Waals surface area contributed by atoms with Crippen LogP contribution in [0.4, 0.5) is 0 Å². The normalized spacial score (nSPS) is 33.8. The van der Waals surface area contributed by atoms with E-state index in [0.29, 0.717) is 6.04 Å². The molecule has 0 spiro atoms. The Morgan fingerprint density at radius 3 is 2.50 bits per heavy atom. The van der Waals surface area contributed by atoms with Crippen molar-refractivity contribution in [2.75, 3.05) is 13.1 Å². The van der Waals surface area contributed by atoms with Gasteiger partial charge in [-0.3, -0.25) is 4.90 Å². The van der Waals surface area contributed by atoms with Gasteiger partial charge >= 0.3 is 0 Å². The van der Waals surface area contributed by atoms with Gasteiger partial charge in [0, 0.05) is 19.1 Å². The van der Waals surface area contributed by atoms with Crippen LogP contribution in [-0.2, 0) is 0 Å². The fraction of sp³-hybridized carbons (Fsp3) is 1.00. The maximum Gasteiger partial charge on any atom is 0.0667 e. The number of rotatable bonds is 1.